The summed E-state index contributed by atoms with van der Waals surface area (Å²) in [6.45, 7) is 4.17. The minimum absolute atomic E-state index is 0.0352. The molecule has 0 spiro atoms. The number of phosphoric ester groups is 1. The Kier molecular flexibility index (Phi) is 35.6. The second-order valence-corrected chi connectivity index (χ2v) is 17.1. The summed E-state index contributed by atoms with van der Waals surface area (Å²) in [6, 6.07) is 0. The van der Waals surface area contributed by atoms with Gasteiger partial charge in [0.15, 0.2) is 6.10 Å². The van der Waals surface area contributed by atoms with Crippen molar-refractivity contribution < 1.29 is 42.1 Å². The Hall–Kier alpha value is -1.77. The number of hydrogen-bond donors (Lipinski definition) is 0. The van der Waals surface area contributed by atoms with Gasteiger partial charge in [-0.15, -0.1) is 0 Å². The number of quaternary nitrogens is 1. The monoisotopic (exact) mass is 784 g/mol. The van der Waals surface area contributed by atoms with E-state index in [0.29, 0.717) is 17.4 Å². The summed E-state index contributed by atoms with van der Waals surface area (Å²) in [4.78, 5) is 37.5. The van der Waals surface area contributed by atoms with Crippen molar-refractivity contribution in [1.82, 2.24) is 0 Å². The Labute approximate surface area is 331 Å². The lowest BCUT2D eigenvalue weighted by Crippen LogP contribution is -2.37. The van der Waals surface area contributed by atoms with E-state index in [9.17, 15) is 19.0 Å². The Morgan fingerprint density at radius 2 is 1.00 bits per heavy atom. The minimum Gasteiger partial charge on any atom is -0.756 e. The largest absolute Gasteiger partial charge is 0.756 e. The van der Waals surface area contributed by atoms with Crippen LogP contribution < -0.4 is 4.89 Å². The predicted molar refractivity (Wildman–Crippen MR) is 222 cm³/mol. The number of phosphoric acid groups is 1. The van der Waals surface area contributed by atoms with Crippen LogP contribution >= 0.6 is 7.82 Å². The van der Waals surface area contributed by atoms with E-state index in [2.05, 4.69) is 50.3 Å². The molecule has 0 fully saturated rings. The quantitative estimate of drug-likeness (QED) is 0.0199. The van der Waals surface area contributed by atoms with Gasteiger partial charge >= 0.3 is 11.9 Å². The SMILES string of the molecule is CCCCCC/C=C\C/C=C\CCCCCCCC(=O)OC(COC(=O)CCCCCCC/C=C\CCCCCCC)COP(=O)([O-])OCC[N+](C)(C)C. The van der Waals surface area contributed by atoms with E-state index in [1.165, 1.54) is 70.6 Å². The number of carbonyl (C=O) groups is 2. The minimum atomic E-state index is -4.63. The van der Waals surface area contributed by atoms with E-state index < -0.39 is 32.5 Å². The highest BCUT2D eigenvalue weighted by Crippen LogP contribution is 2.38. The normalized spacial score (nSPS) is 14.0. The van der Waals surface area contributed by atoms with Crippen LogP contribution in [0.25, 0.3) is 0 Å². The zero-order chi connectivity index (χ0) is 40.0. The molecule has 0 aromatic rings. The first-order chi connectivity index (χ1) is 26.0. The van der Waals surface area contributed by atoms with E-state index in [1.807, 2.05) is 21.1 Å². The van der Waals surface area contributed by atoms with Crippen molar-refractivity contribution in [3.63, 3.8) is 0 Å². The smallest absolute Gasteiger partial charge is 0.306 e. The van der Waals surface area contributed by atoms with Crippen molar-refractivity contribution >= 4 is 19.8 Å². The maximum absolute atomic E-state index is 12.7. The highest BCUT2D eigenvalue weighted by molar-refractivity contribution is 7.45. The number of esters is 2. The molecular formula is C44H82NO8P. The van der Waals surface area contributed by atoms with Crippen molar-refractivity contribution in [2.24, 2.45) is 0 Å². The summed E-state index contributed by atoms with van der Waals surface area (Å²) in [5.74, 6) is -0.860. The molecule has 10 heteroatoms. The van der Waals surface area contributed by atoms with Gasteiger partial charge in [-0.25, -0.2) is 0 Å². The number of likely N-dealkylation sites (N-methyl/N-ethyl adjacent to an activating group) is 1. The van der Waals surface area contributed by atoms with Gasteiger partial charge in [0.25, 0.3) is 7.82 Å². The molecule has 0 aliphatic rings. The third kappa shape index (κ3) is 39.9. The number of nitrogens with zero attached hydrogens (tertiary/aromatic N) is 1. The molecule has 54 heavy (non-hydrogen) atoms. The van der Waals surface area contributed by atoms with Gasteiger partial charge in [-0.3, -0.25) is 14.2 Å². The molecule has 0 aromatic heterocycles. The summed E-state index contributed by atoms with van der Waals surface area (Å²) in [5.41, 5.74) is 0. The number of unbranched alkanes of at least 4 members (excludes halogenated alkanes) is 19. The van der Waals surface area contributed by atoms with Crippen LogP contribution in [-0.4, -0.2) is 70.0 Å². The molecule has 0 bridgehead atoms. The van der Waals surface area contributed by atoms with Crippen LogP contribution in [0.4, 0.5) is 0 Å². The van der Waals surface area contributed by atoms with Gasteiger partial charge in [0, 0.05) is 12.8 Å². The van der Waals surface area contributed by atoms with Crippen molar-refractivity contribution in [2.75, 3.05) is 47.5 Å². The van der Waals surface area contributed by atoms with Crippen molar-refractivity contribution in [1.29, 1.82) is 0 Å². The standard InChI is InChI=1S/C44H82NO8P/c1-6-8-10-12-14-16-18-20-22-23-25-27-29-31-33-35-37-44(47)53-42(41-52-54(48,49)51-39-38-45(3,4)5)40-50-43(46)36-34-32-30-28-26-24-21-19-17-15-13-11-9-7-2/h16,18-19,21-23,42H,6-15,17,20,24-41H2,1-5H3/b18-16-,21-19-,23-22-. The van der Waals surface area contributed by atoms with E-state index in [1.54, 1.807) is 0 Å². The van der Waals surface area contributed by atoms with E-state index in [0.717, 1.165) is 77.0 Å². The highest BCUT2D eigenvalue weighted by atomic mass is 31.2. The summed E-state index contributed by atoms with van der Waals surface area (Å²) >= 11 is 0. The van der Waals surface area contributed by atoms with Gasteiger partial charge in [-0.05, 0) is 70.6 Å². The third-order valence-electron chi connectivity index (χ3n) is 9.13. The average Bonchev–Trinajstić information content (AvgIpc) is 3.12. The highest BCUT2D eigenvalue weighted by Gasteiger charge is 2.21. The van der Waals surface area contributed by atoms with Gasteiger partial charge in [0.05, 0.1) is 27.7 Å². The van der Waals surface area contributed by atoms with Crippen LogP contribution in [0.5, 0.6) is 0 Å². The van der Waals surface area contributed by atoms with Crippen LogP contribution in [0.1, 0.15) is 181 Å². The molecule has 0 amide bonds. The fourth-order valence-corrected chi connectivity index (χ4v) is 6.41. The Morgan fingerprint density at radius 1 is 0.574 bits per heavy atom. The Balaban J connectivity index is 4.41. The first-order valence-corrected chi connectivity index (χ1v) is 23.2. The number of ether oxygens (including phenoxy) is 2. The topological polar surface area (TPSA) is 111 Å². The molecule has 0 saturated heterocycles. The molecular weight excluding hydrogens is 701 g/mol. The van der Waals surface area contributed by atoms with Gasteiger partial charge in [-0.1, -0.05) is 134 Å². The van der Waals surface area contributed by atoms with Crippen LogP contribution in [0.2, 0.25) is 0 Å². The summed E-state index contributed by atoms with van der Waals surface area (Å²) in [7, 11) is 1.15. The van der Waals surface area contributed by atoms with Gasteiger partial charge in [0.2, 0.25) is 0 Å². The van der Waals surface area contributed by atoms with Gasteiger partial charge in [0.1, 0.15) is 19.8 Å². The van der Waals surface area contributed by atoms with E-state index in [-0.39, 0.29) is 26.1 Å². The molecule has 0 heterocycles. The number of allylic oxidation sites excluding steroid dienone is 6. The molecule has 0 rings (SSSR count). The lowest BCUT2D eigenvalue weighted by molar-refractivity contribution is -0.870. The zero-order valence-electron chi connectivity index (χ0n) is 35.4. The van der Waals surface area contributed by atoms with Gasteiger partial charge in [-0.2, -0.15) is 0 Å². The van der Waals surface area contributed by atoms with Crippen molar-refractivity contribution in [2.45, 2.75) is 187 Å². The lowest BCUT2D eigenvalue weighted by Gasteiger charge is -2.28. The predicted octanol–water partition coefficient (Wildman–Crippen LogP) is 11.5. The zero-order valence-corrected chi connectivity index (χ0v) is 36.3. The number of rotatable bonds is 39. The first-order valence-electron chi connectivity index (χ1n) is 21.7. The maximum atomic E-state index is 12.7. The summed E-state index contributed by atoms with van der Waals surface area (Å²) in [6.07, 6.45) is 40.2. The molecule has 0 radical (unpaired) electrons. The molecule has 0 N–H and O–H groups in total. The summed E-state index contributed by atoms with van der Waals surface area (Å²) in [5, 5.41) is 0. The van der Waals surface area contributed by atoms with Crippen LogP contribution in [0.15, 0.2) is 36.5 Å². The molecule has 2 atom stereocenters. The van der Waals surface area contributed by atoms with Crippen LogP contribution in [0, 0.1) is 0 Å². The average molecular weight is 784 g/mol. The second kappa shape index (κ2) is 36.8. The fourth-order valence-electron chi connectivity index (χ4n) is 5.68. The van der Waals surface area contributed by atoms with Crippen LogP contribution in [0.3, 0.4) is 0 Å². The number of hydrogen-bond acceptors (Lipinski definition) is 8. The van der Waals surface area contributed by atoms with E-state index >= 15 is 0 Å². The molecule has 0 aromatic carbocycles. The molecule has 9 nitrogen and oxygen atoms in total. The van der Waals surface area contributed by atoms with Crippen molar-refractivity contribution in [3.8, 4) is 0 Å². The molecule has 2 unspecified atom stereocenters. The summed E-state index contributed by atoms with van der Waals surface area (Å²) < 4.78 is 33.8. The molecule has 0 saturated carbocycles. The third-order valence-corrected chi connectivity index (χ3v) is 10.1. The Morgan fingerprint density at radius 3 is 1.50 bits per heavy atom. The van der Waals surface area contributed by atoms with Gasteiger partial charge < -0.3 is 27.9 Å². The Bertz CT molecular complexity index is 1020. The van der Waals surface area contributed by atoms with E-state index in [4.69, 9.17) is 18.5 Å². The fraction of sp³-hybridized carbons (Fsp3) is 0.818. The molecule has 0 aliphatic heterocycles. The van der Waals surface area contributed by atoms with Crippen LogP contribution in [-0.2, 0) is 32.7 Å². The second-order valence-electron chi connectivity index (χ2n) is 15.7. The lowest BCUT2D eigenvalue weighted by atomic mass is 10.1. The first kappa shape index (κ1) is 52.2. The maximum Gasteiger partial charge on any atom is 0.306 e. The molecule has 0 aliphatic carbocycles. The number of carbonyl (C=O) groups excluding carboxylic acids is 2. The molecule has 316 valence electrons. The van der Waals surface area contributed by atoms with Crippen molar-refractivity contribution in [3.05, 3.63) is 36.5 Å².